The van der Waals surface area contributed by atoms with E-state index in [1.165, 1.54) is 5.56 Å². The lowest BCUT2D eigenvalue weighted by molar-refractivity contribution is -0.145. The first-order valence-electron chi connectivity index (χ1n) is 9.42. The summed E-state index contributed by atoms with van der Waals surface area (Å²) in [7, 11) is 0. The standard InChI is InChI=1S/C20H29N3O2/c1-3-16(2)21-18(24)20(9-10-20)19(25)23-13-11-22(12-14-23)15-17-7-5-4-6-8-17/h4-8,16H,3,9-15H2,1-2H3,(H,21,24). The third-order valence-corrected chi connectivity index (χ3v) is 5.49. The molecule has 25 heavy (non-hydrogen) atoms. The number of carbonyl (C=O) groups is 2. The van der Waals surface area contributed by atoms with Crippen LogP contribution in [0.25, 0.3) is 0 Å². The van der Waals surface area contributed by atoms with Crippen LogP contribution in [0, 0.1) is 5.41 Å². The molecule has 5 heteroatoms. The van der Waals surface area contributed by atoms with Gasteiger partial charge < -0.3 is 10.2 Å². The van der Waals surface area contributed by atoms with Crippen molar-refractivity contribution in [2.75, 3.05) is 26.2 Å². The number of benzene rings is 1. The molecule has 0 spiro atoms. The van der Waals surface area contributed by atoms with Crippen molar-refractivity contribution >= 4 is 11.8 Å². The van der Waals surface area contributed by atoms with Crippen LogP contribution in [0.5, 0.6) is 0 Å². The van der Waals surface area contributed by atoms with E-state index < -0.39 is 5.41 Å². The van der Waals surface area contributed by atoms with Crippen molar-refractivity contribution in [1.29, 1.82) is 0 Å². The zero-order chi connectivity index (χ0) is 17.9. The number of carbonyl (C=O) groups excluding carboxylic acids is 2. The van der Waals surface area contributed by atoms with E-state index in [0.717, 1.165) is 26.1 Å². The van der Waals surface area contributed by atoms with Gasteiger partial charge >= 0.3 is 0 Å². The van der Waals surface area contributed by atoms with Crippen molar-refractivity contribution in [2.24, 2.45) is 5.41 Å². The fourth-order valence-corrected chi connectivity index (χ4v) is 3.38. The van der Waals surface area contributed by atoms with Gasteiger partial charge in [-0.3, -0.25) is 14.5 Å². The zero-order valence-electron chi connectivity index (χ0n) is 15.3. The molecule has 1 heterocycles. The molecule has 136 valence electrons. The van der Waals surface area contributed by atoms with Gasteiger partial charge in [0, 0.05) is 38.8 Å². The van der Waals surface area contributed by atoms with Crippen molar-refractivity contribution in [3.8, 4) is 0 Å². The van der Waals surface area contributed by atoms with Crippen molar-refractivity contribution in [3.63, 3.8) is 0 Å². The average molecular weight is 343 g/mol. The van der Waals surface area contributed by atoms with E-state index in [4.69, 9.17) is 0 Å². The van der Waals surface area contributed by atoms with E-state index in [1.54, 1.807) is 0 Å². The summed E-state index contributed by atoms with van der Waals surface area (Å²) in [5.41, 5.74) is 0.527. The summed E-state index contributed by atoms with van der Waals surface area (Å²) < 4.78 is 0. The third kappa shape index (κ3) is 4.03. The SMILES string of the molecule is CCC(C)NC(=O)C1(C(=O)N2CCN(Cc3ccccc3)CC2)CC1. The maximum Gasteiger partial charge on any atom is 0.238 e. The van der Waals surface area contributed by atoms with Gasteiger partial charge in [-0.15, -0.1) is 0 Å². The van der Waals surface area contributed by atoms with E-state index in [0.29, 0.717) is 25.9 Å². The number of hydrogen-bond donors (Lipinski definition) is 1. The quantitative estimate of drug-likeness (QED) is 0.804. The second kappa shape index (κ2) is 7.56. The van der Waals surface area contributed by atoms with Gasteiger partial charge in [0.15, 0.2) is 0 Å². The highest BCUT2D eigenvalue weighted by Gasteiger charge is 2.58. The van der Waals surface area contributed by atoms with Gasteiger partial charge in [0.1, 0.15) is 5.41 Å². The maximum absolute atomic E-state index is 12.9. The number of hydrogen-bond acceptors (Lipinski definition) is 3. The van der Waals surface area contributed by atoms with Crippen LogP contribution in [0.1, 0.15) is 38.7 Å². The normalized spacial score (nSPS) is 20.8. The molecular weight excluding hydrogens is 314 g/mol. The van der Waals surface area contributed by atoms with Gasteiger partial charge in [-0.2, -0.15) is 0 Å². The van der Waals surface area contributed by atoms with Gasteiger partial charge in [-0.25, -0.2) is 0 Å². The average Bonchev–Trinajstić information content (AvgIpc) is 3.44. The van der Waals surface area contributed by atoms with Gasteiger partial charge in [0.05, 0.1) is 0 Å². The summed E-state index contributed by atoms with van der Waals surface area (Å²) in [5, 5.41) is 3.00. The van der Waals surface area contributed by atoms with Crippen LogP contribution in [0.3, 0.4) is 0 Å². The van der Waals surface area contributed by atoms with E-state index in [9.17, 15) is 9.59 Å². The number of rotatable bonds is 6. The van der Waals surface area contributed by atoms with Gasteiger partial charge in [-0.1, -0.05) is 37.3 Å². The molecule has 2 amide bonds. The Morgan fingerprint density at radius 1 is 1.12 bits per heavy atom. The lowest BCUT2D eigenvalue weighted by atomic mass is 10.0. The third-order valence-electron chi connectivity index (χ3n) is 5.49. The summed E-state index contributed by atoms with van der Waals surface area (Å²) in [4.78, 5) is 29.7. The monoisotopic (exact) mass is 343 g/mol. The predicted octanol–water partition coefficient (Wildman–Crippen LogP) is 2.03. The summed E-state index contributed by atoms with van der Waals surface area (Å²) in [6, 6.07) is 10.5. The Hall–Kier alpha value is -1.88. The molecule has 1 aliphatic heterocycles. The second-order valence-corrected chi connectivity index (χ2v) is 7.42. The Morgan fingerprint density at radius 3 is 2.32 bits per heavy atom. The van der Waals surface area contributed by atoms with Crippen LogP contribution in [0.4, 0.5) is 0 Å². The van der Waals surface area contributed by atoms with Crippen molar-refractivity contribution in [1.82, 2.24) is 15.1 Å². The molecule has 0 bridgehead atoms. The van der Waals surface area contributed by atoms with Crippen LogP contribution in [0.2, 0.25) is 0 Å². The first kappa shape index (κ1) is 17.9. The summed E-state index contributed by atoms with van der Waals surface area (Å²) in [6.07, 6.45) is 2.27. The van der Waals surface area contributed by atoms with Crippen molar-refractivity contribution in [2.45, 2.75) is 45.7 Å². The molecule has 3 rings (SSSR count). The maximum atomic E-state index is 12.9. The molecule has 1 unspecified atom stereocenters. The summed E-state index contributed by atoms with van der Waals surface area (Å²) in [5.74, 6) is -0.0359. The topological polar surface area (TPSA) is 52.7 Å². The van der Waals surface area contributed by atoms with Gasteiger partial charge in [0.2, 0.25) is 11.8 Å². The number of amides is 2. The van der Waals surface area contributed by atoms with E-state index >= 15 is 0 Å². The number of piperazine rings is 1. The molecule has 1 aliphatic carbocycles. The minimum Gasteiger partial charge on any atom is -0.353 e. The summed E-state index contributed by atoms with van der Waals surface area (Å²) in [6.45, 7) is 8.10. The fourth-order valence-electron chi connectivity index (χ4n) is 3.38. The Bertz CT molecular complexity index is 605. The molecule has 1 saturated heterocycles. The van der Waals surface area contributed by atoms with Crippen molar-refractivity contribution in [3.05, 3.63) is 35.9 Å². The van der Waals surface area contributed by atoms with Crippen LogP contribution in [0.15, 0.2) is 30.3 Å². The van der Waals surface area contributed by atoms with E-state index in [1.807, 2.05) is 24.8 Å². The highest BCUT2D eigenvalue weighted by Crippen LogP contribution is 2.47. The Labute approximate surface area is 150 Å². The molecule has 1 atom stereocenters. The van der Waals surface area contributed by atoms with E-state index in [-0.39, 0.29) is 17.9 Å². The Kier molecular flexibility index (Phi) is 5.42. The number of nitrogens with one attached hydrogen (secondary N) is 1. The fraction of sp³-hybridized carbons (Fsp3) is 0.600. The minimum absolute atomic E-state index is 0.0349. The van der Waals surface area contributed by atoms with E-state index in [2.05, 4.69) is 34.5 Å². The Morgan fingerprint density at radius 2 is 1.76 bits per heavy atom. The van der Waals surface area contributed by atoms with Crippen LogP contribution in [-0.4, -0.2) is 53.8 Å². The first-order chi connectivity index (χ1) is 12.0. The molecule has 0 aromatic heterocycles. The molecule has 5 nitrogen and oxygen atoms in total. The molecule has 1 aromatic rings. The van der Waals surface area contributed by atoms with Gasteiger partial charge in [0.25, 0.3) is 0 Å². The summed E-state index contributed by atoms with van der Waals surface area (Å²) >= 11 is 0. The predicted molar refractivity (Wildman–Crippen MR) is 97.9 cm³/mol. The molecule has 2 aliphatic rings. The molecular formula is C20H29N3O2. The van der Waals surface area contributed by atoms with Gasteiger partial charge in [-0.05, 0) is 31.7 Å². The molecule has 1 aromatic carbocycles. The highest BCUT2D eigenvalue weighted by atomic mass is 16.2. The lowest BCUT2D eigenvalue weighted by Crippen LogP contribution is -2.53. The highest BCUT2D eigenvalue weighted by molar-refractivity contribution is 6.08. The van der Waals surface area contributed by atoms with Crippen LogP contribution in [-0.2, 0) is 16.1 Å². The molecule has 2 fully saturated rings. The number of nitrogens with zero attached hydrogens (tertiary/aromatic N) is 2. The second-order valence-electron chi connectivity index (χ2n) is 7.42. The molecule has 1 saturated carbocycles. The van der Waals surface area contributed by atoms with Crippen LogP contribution < -0.4 is 5.32 Å². The zero-order valence-corrected chi connectivity index (χ0v) is 15.3. The Balaban J connectivity index is 1.52. The van der Waals surface area contributed by atoms with Crippen LogP contribution >= 0.6 is 0 Å². The largest absolute Gasteiger partial charge is 0.353 e. The molecule has 1 N–H and O–H groups in total. The minimum atomic E-state index is -0.773. The first-order valence-corrected chi connectivity index (χ1v) is 9.42. The lowest BCUT2D eigenvalue weighted by Gasteiger charge is -2.36. The molecule has 0 radical (unpaired) electrons. The smallest absolute Gasteiger partial charge is 0.238 e. The van der Waals surface area contributed by atoms with Crippen molar-refractivity contribution < 1.29 is 9.59 Å².